The van der Waals surface area contributed by atoms with Crippen molar-refractivity contribution in [3.63, 3.8) is 0 Å². The zero-order valence-corrected chi connectivity index (χ0v) is 12.0. The first kappa shape index (κ1) is 14.3. The highest BCUT2D eigenvalue weighted by Crippen LogP contribution is 2.24. The molecule has 2 aromatic rings. The number of nitrogen functional groups attached to an aromatic ring is 1. The maximum absolute atomic E-state index is 5.51. The summed E-state index contributed by atoms with van der Waals surface area (Å²) >= 11 is 0. The van der Waals surface area contributed by atoms with Crippen LogP contribution in [-0.2, 0) is 6.42 Å². The lowest BCUT2D eigenvalue weighted by molar-refractivity contribution is 0.826. The summed E-state index contributed by atoms with van der Waals surface area (Å²) in [7, 11) is 0. The van der Waals surface area contributed by atoms with Gasteiger partial charge in [0.1, 0.15) is 17.5 Å². The molecule has 0 saturated carbocycles. The van der Waals surface area contributed by atoms with Gasteiger partial charge in [-0.15, -0.1) is 0 Å². The topological polar surface area (TPSA) is 67.1 Å². The molecule has 0 unspecified atom stereocenters. The maximum Gasteiger partial charge on any atom is 0.145 e. The number of nitrogens with two attached hydrogens (primary N) is 1. The lowest BCUT2D eigenvalue weighted by atomic mass is 10.2. The molecule has 0 fully saturated rings. The standard InChI is InChI=1S/C15H21N5/c1-3-8-13-17-14(19-16)11-15(18-13)20(4-2)12-9-6-5-7-10-12/h5-7,9-11H,3-4,8,16H2,1-2H3,(H,17,18,19). The summed E-state index contributed by atoms with van der Waals surface area (Å²) in [6, 6.07) is 12.1. The Morgan fingerprint density at radius 2 is 1.90 bits per heavy atom. The van der Waals surface area contributed by atoms with Gasteiger partial charge in [-0.25, -0.2) is 15.8 Å². The number of hydrazine groups is 1. The summed E-state index contributed by atoms with van der Waals surface area (Å²) < 4.78 is 0. The molecule has 1 aromatic heterocycles. The molecule has 1 aromatic carbocycles. The molecule has 106 valence electrons. The minimum atomic E-state index is 0.646. The van der Waals surface area contributed by atoms with Gasteiger partial charge < -0.3 is 10.3 Å². The van der Waals surface area contributed by atoms with Gasteiger partial charge in [0.15, 0.2) is 0 Å². The third kappa shape index (κ3) is 3.24. The molecule has 5 heteroatoms. The molecule has 0 spiro atoms. The van der Waals surface area contributed by atoms with E-state index in [9.17, 15) is 0 Å². The Bertz CT molecular complexity index is 541. The van der Waals surface area contributed by atoms with Crippen LogP contribution in [0, 0.1) is 0 Å². The SMILES string of the molecule is CCCc1nc(NN)cc(N(CC)c2ccccc2)n1. The highest BCUT2D eigenvalue weighted by molar-refractivity contribution is 5.62. The molecule has 0 bridgehead atoms. The summed E-state index contributed by atoms with van der Waals surface area (Å²) in [5.41, 5.74) is 3.73. The van der Waals surface area contributed by atoms with Crippen LogP contribution >= 0.6 is 0 Å². The van der Waals surface area contributed by atoms with Crippen molar-refractivity contribution in [2.75, 3.05) is 16.9 Å². The highest BCUT2D eigenvalue weighted by atomic mass is 15.3. The van der Waals surface area contributed by atoms with Gasteiger partial charge in [-0.05, 0) is 25.5 Å². The first-order chi connectivity index (χ1) is 9.78. The van der Waals surface area contributed by atoms with Gasteiger partial charge in [0.05, 0.1) is 0 Å². The molecule has 3 N–H and O–H groups in total. The number of aryl methyl sites for hydroxylation is 1. The lowest BCUT2D eigenvalue weighted by Gasteiger charge is -2.23. The summed E-state index contributed by atoms with van der Waals surface area (Å²) in [6.07, 6.45) is 1.85. The Kier molecular flexibility index (Phi) is 4.90. The van der Waals surface area contributed by atoms with Crippen LogP contribution in [0.5, 0.6) is 0 Å². The van der Waals surface area contributed by atoms with Gasteiger partial charge in [0.25, 0.3) is 0 Å². The zero-order chi connectivity index (χ0) is 14.4. The smallest absolute Gasteiger partial charge is 0.145 e. The fourth-order valence-electron chi connectivity index (χ4n) is 2.12. The Morgan fingerprint density at radius 3 is 2.50 bits per heavy atom. The van der Waals surface area contributed by atoms with Crippen molar-refractivity contribution in [3.8, 4) is 0 Å². The second-order valence-electron chi connectivity index (χ2n) is 4.50. The highest BCUT2D eigenvalue weighted by Gasteiger charge is 2.11. The predicted molar refractivity (Wildman–Crippen MR) is 83.0 cm³/mol. The number of nitrogens with zero attached hydrogens (tertiary/aromatic N) is 3. The normalized spacial score (nSPS) is 10.3. The van der Waals surface area contributed by atoms with Crippen LogP contribution < -0.4 is 16.2 Å². The van der Waals surface area contributed by atoms with E-state index in [2.05, 4.69) is 46.3 Å². The number of benzene rings is 1. The van der Waals surface area contributed by atoms with Crippen LogP contribution in [0.4, 0.5) is 17.3 Å². The molecule has 0 aliphatic heterocycles. The number of anilines is 3. The van der Waals surface area contributed by atoms with Gasteiger partial charge in [-0.3, -0.25) is 0 Å². The van der Waals surface area contributed by atoms with Crippen molar-refractivity contribution in [1.82, 2.24) is 9.97 Å². The zero-order valence-electron chi connectivity index (χ0n) is 12.0. The summed E-state index contributed by atoms with van der Waals surface area (Å²) in [5.74, 6) is 7.83. The van der Waals surface area contributed by atoms with E-state index in [0.717, 1.165) is 36.7 Å². The Hall–Kier alpha value is -2.14. The fraction of sp³-hybridized carbons (Fsp3) is 0.333. The van der Waals surface area contributed by atoms with Gasteiger partial charge in [-0.2, -0.15) is 0 Å². The van der Waals surface area contributed by atoms with Crippen LogP contribution in [0.1, 0.15) is 26.1 Å². The predicted octanol–water partition coefficient (Wildman–Crippen LogP) is 2.87. The first-order valence-electron chi connectivity index (χ1n) is 6.95. The molecule has 5 nitrogen and oxygen atoms in total. The minimum absolute atomic E-state index is 0.646. The molecular formula is C15H21N5. The van der Waals surface area contributed by atoms with Crippen LogP contribution in [0.3, 0.4) is 0 Å². The van der Waals surface area contributed by atoms with Gasteiger partial charge in [0.2, 0.25) is 0 Å². The number of aromatic nitrogens is 2. The number of hydrogen-bond donors (Lipinski definition) is 2. The van der Waals surface area contributed by atoms with E-state index in [1.165, 1.54) is 0 Å². The van der Waals surface area contributed by atoms with Crippen molar-refractivity contribution in [2.45, 2.75) is 26.7 Å². The van der Waals surface area contributed by atoms with E-state index in [0.29, 0.717) is 5.82 Å². The Labute approximate surface area is 119 Å². The largest absolute Gasteiger partial charge is 0.326 e. The van der Waals surface area contributed by atoms with Gasteiger partial charge in [-0.1, -0.05) is 25.1 Å². The van der Waals surface area contributed by atoms with Crippen molar-refractivity contribution in [1.29, 1.82) is 0 Å². The molecule has 0 radical (unpaired) electrons. The van der Waals surface area contributed by atoms with Crippen molar-refractivity contribution < 1.29 is 0 Å². The van der Waals surface area contributed by atoms with E-state index in [1.54, 1.807) is 0 Å². The van der Waals surface area contributed by atoms with E-state index in [1.807, 2.05) is 24.3 Å². The Morgan fingerprint density at radius 1 is 1.15 bits per heavy atom. The van der Waals surface area contributed by atoms with Gasteiger partial charge in [0, 0.05) is 24.7 Å². The third-order valence-corrected chi connectivity index (χ3v) is 3.04. The summed E-state index contributed by atoms with van der Waals surface area (Å²) in [4.78, 5) is 11.2. The van der Waals surface area contributed by atoms with Crippen LogP contribution in [0.25, 0.3) is 0 Å². The quantitative estimate of drug-likeness (QED) is 0.624. The minimum Gasteiger partial charge on any atom is -0.326 e. The van der Waals surface area contributed by atoms with Crippen molar-refractivity contribution >= 4 is 17.3 Å². The van der Waals surface area contributed by atoms with Gasteiger partial charge >= 0.3 is 0 Å². The third-order valence-electron chi connectivity index (χ3n) is 3.04. The van der Waals surface area contributed by atoms with Crippen LogP contribution in [0.15, 0.2) is 36.4 Å². The average molecular weight is 271 g/mol. The second-order valence-corrected chi connectivity index (χ2v) is 4.50. The molecule has 0 amide bonds. The van der Waals surface area contributed by atoms with Crippen LogP contribution in [0.2, 0.25) is 0 Å². The monoisotopic (exact) mass is 271 g/mol. The molecule has 2 rings (SSSR count). The summed E-state index contributed by atoms with van der Waals surface area (Å²) in [5, 5.41) is 0. The summed E-state index contributed by atoms with van der Waals surface area (Å²) in [6.45, 7) is 5.04. The van der Waals surface area contributed by atoms with E-state index < -0.39 is 0 Å². The molecular weight excluding hydrogens is 250 g/mol. The number of rotatable bonds is 6. The lowest BCUT2D eigenvalue weighted by Crippen LogP contribution is -2.19. The number of nitrogens with one attached hydrogen (secondary N) is 1. The molecule has 0 aliphatic rings. The maximum atomic E-state index is 5.51. The van der Waals surface area contributed by atoms with Crippen molar-refractivity contribution in [2.24, 2.45) is 5.84 Å². The molecule has 20 heavy (non-hydrogen) atoms. The average Bonchev–Trinajstić information content (AvgIpc) is 2.49. The van der Waals surface area contributed by atoms with E-state index in [-0.39, 0.29) is 0 Å². The number of para-hydroxylation sites is 1. The van der Waals surface area contributed by atoms with E-state index >= 15 is 0 Å². The molecule has 0 atom stereocenters. The molecule has 1 heterocycles. The molecule has 0 aliphatic carbocycles. The van der Waals surface area contributed by atoms with Crippen LogP contribution in [-0.4, -0.2) is 16.5 Å². The second kappa shape index (κ2) is 6.86. The van der Waals surface area contributed by atoms with Crippen molar-refractivity contribution in [3.05, 3.63) is 42.2 Å². The Balaban J connectivity index is 2.40. The first-order valence-corrected chi connectivity index (χ1v) is 6.95. The molecule has 0 saturated heterocycles. The fourth-order valence-corrected chi connectivity index (χ4v) is 2.12. The number of hydrogen-bond acceptors (Lipinski definition) is 5. The van der Waals surface area contributed by atoms with E-state index in [4.69, 9.17) is 5.84 Å².